The molecule has 0 saturated carbocycles. The van der Waals surface area contributed by atoms with Crippen LogP contribution in [-0.2, 0) is 13.1 Å². The van der Waals surface area contributed by atoms with Gasteiger partial charge in [-0.3, -0.25) is 0 Å². The summed E-state index contributed by atoms with van der Waals surface area (Å²) in [5, 5.41) is 11.0. The van der Waals surface area contributed by atoms with Crippen molar-refractivity contribution in [3.8, 4) is 11.5 Å². The molecule has 7 nitrogen and oxygen atoms in total. The SMILES string of the molecule is S=C(NCc1cccc2ccccc12)N1CCC(c2nccn2Cc2noc(-c3ccccc3)n2)CC1. The van der Waals surface area contributed by atoms with Gasteiger partial charge in [0.2, 0.25) is 0 Å². The van der Waals surface area contributed by atoms with Gasteiger partial charge in [-0.15, -0.1) is 0 Å². The van der Waals surface area contributed by atoms with Crippen molar-refractivity contribution in [2.45, 2.75) is 31.8 Å². The molecule has 1 fully saturated rings. The summed E-state index contributed by atoms with van der Waals surface area (Å²) >= 11 is 5.76. The molecule has 1 aliphatic rings. The first kappa shape index (κ1) is 23.4. The van der Waals surface area contributed by atoms with E-state index in [0.717, 1.165) is 49.0 Å². The Kier molecular flexibility index (Phi) is 6.64. The van der Waals surface area contributed by atoms with Crippen molar-refractivity contribution in [1.29, 1.82) is 0 Å². The monoisotopic (exact) mass is 508 g/mol. The maximum Gasteiger partial charge on any atom is 0.257 e. The lowest BCUT2D eigenvalue weighted by molar-refractivity contribution is 0.300. The van der Waals surface area contributed by atoms with E-state index in [2.05, 4.69) is 72.4 Å². The number of thiocarbonyl (C=S) groups is 1. The molecule has 8 heteroatoms. The number of nitrogens with one attached hydrogen (secondary N) is 1. The van der Waals surface area contributed by atoms with Gasteiger partial charge in [0.1, 0.15) is 5.82 Å². The van der Waals surface area contributed by atoms with Gasteiger partial charge in [0.15, 0.2) is 10.9 Å². The van der Waals surface area contributed by atoms with Crippen molar-refractivity contribution in [3.63, 3.8) is 0 Å². The molecule has 5 aromatic rings. The second kappa shape index (κ2) is 10.5. The first-order valence-electron chi connectivity index (χ1n) is 12.6. The molecule has 0 unspecified atom stereocenters. The van der Waals surface area contributed by atoms with Gasteiger partial charge in [0.25, 0.3) is 5.89 Å². The molecule has 0 aliphatic carbocycles. The third-order valence-corrected chi connectivity index (χ3v) is 7.41. The number of hydrogen-bond acceptors (Lipinski definition) is 5. The highest BCUT2D eigenvalue weighted by Gasteiger charge is 2.25. The fraction of sp³-hybridized carbons (Fsp3) is 0.241. The fourth-order valence-electron chi connectivity index (χ4n) is 5.05. The molecule has 3 heterocycles. The van der Waals surface area contributed by atoms with Crippen molar-refractivity contribution >= 4 is 28.1 Å². The van der Waals surface area contributed by atoms with Crippen LogP contribution in [0.5, 0.6) is 0 Å². The van der Waals surface area contributed by atoms with E-state index >= 15 is 0 Å². The molecule has 2 aromatic heterocycles. The van der Waals surface area contributed by atoms with E-state index < -0.39 is 0 Å². The van der Waals surface area contributed by atoms with Crippen molar-refractivity contribution in [1.82, 2.24) is 29.9 Å². The summed E-state index contributed by atoms with van der Waals surface area (Å²) in [7, 11) is 0. The molecule has 186 valence electrons. The van der Waals surface area contributed by atoms with Crippen molar-refractivity contribution in [2.24, 2.45) is 0 Å². The molecule has 1 aliphatic heterocycles. The maximum absolute atomic E-state index is 5.76. The average Bonchev–Trinajstić information content (AvgIpc) is 3.62. The number of rotatable bonds is 6. The zero-order chi connectivity index (χ0) is 25.0. The van der Waals surface area contributed by atoms with Gasteiger partial charge in [-0.25, -0.2) is 4.98 Å². The van der Waals surface area contributed by atoms with E-state index in [0.29, 0.717) is 24.2 Å². The zero-order valence-electron chi connectivity index (χ0n) is 20.5. The summed E-state index contributed by atoms with van der Waals surface area (Å²) in [6.07, 6.45) is 5.84. The van der Waals surface area contributed by atoms with Crippen LogP contribution >= 0.6 is 12.2 Å². The molecule has 1 saturated heterocycles. The Labute approximate surface area is 221 Å². The maximum atomic E-state index is 5.76. The molecule has 0 amide bonds. The molecule has 0 radical (unpaired) electrons. The third-order valence-electron chi connectivity index (χ3n) is 7.01. The summed E-state index contributed by atoms with van der Waals surface area (Å²) in [6, 6.07) is 24.7. The van der Waals surface area contributed by atoms with E-state index in [1.54, 1.807) is 0 Å². The second-order valence-corrected chi connectivity index (χ2v) is 9.74. The van der Waals surface area contributed by atoms with Crippen LogP contribution in [0.15, 0.2) is 89.7 Å². The molecule has 1 N–H and O–H groups in total. The second-order valence-electron chi connectivity index (χ2n) is 9.35. The van der Waals surface area contributed by atoms with Crippen LogP contribution in [0, 0.1) is 0 Å². The van der Waals surface area contributed by atoms with Gasteiger partial charge < -0.3 is 19.3 Å². The molecule has 37 heavy (non-hydrogen) atoms. The fourth-order valence-corrected chi connectivity index (χ4v) is 5.31. The molecule has 0 spiro atoms. The lowest BCUT2D eigenvalue weighted by Gasteiger charge is -2.33. The van der Waals surface area contributed by atoms with Crippen LogP contribution in [0.25, 0.3) is 22.2 Å². The topological polar surface area (TPSA) is 72.0 Å². The number of benzene rings is 3. The number of imidazole rings is 1. The Morgan fingerprint density at radius 1 is 0.973 bits per heavy atom. The number of fused-ring (bicyclic) bond motifs is 1. The first-order valence-corrected chi connectivity index (χ1v) is 13.0. The van der Waals surface area contributed by atoms with Crippen LogP contribution in [0.2, 0.25) is 0 Å². The Morgan fingerprint density at radius 2 is 1.76 bits per heavy atom. The number of hydrogen-bond donors (Lipinski definition) is 1. The summed E-state index contributed by atoms with van der Waals surface area (Å²) in [4.78, 5) is 11.5. The lowest BCUT2D eigenvalue weighted by atomic mass is 9.96. The van der Waals surface area contributed by atoms with E-state index in [1.807, 2.05) is 42.7 Å². The molecule has 0 bridgehead atoms. The van der Waals surface area contributed by atoms with Gasteiger partial charge in [-0.05, 0) is 53.5 Å². The third kappa shape index (κ3) is 5.11. The predicted octanol–water partition coefficient (Wildman–Crippen LogP) is 5.39. The van der Waals surface area contributed by atoms with E-state index in [4.69, 9.17) is 16.7 Å². The Morgan fingerprint density at radius 3 is 2.62 bits per heavy atom. The van der Waals surface area contributed by atoms with Crippen LogP contribution < -0.4 is 5.32 Å². The summed E-state index contributed by atoms with van der Waals surface area (Å²) in [6.45, 7) is 3.07. The normalized spacial score (nSPS) is 14.2. The van der Waals surface area contributed by atoms with Crippen molar-refractivity contribution in [2.75, 3.05) is 13.1 Å². The van der Waals surface area contributed by atoms with Gasteiger partial charge in [-0.2, -0.15) is 4.98 Å². The van der Waals surface area contributed by atoms with Crippen LogP contribution in [0.1, 0.15) is 36.0 Å². The number of aromatic nitrogens is 4. The highest BCUT2D eigenvalue weighted by atomic mass is 32.1. The van der Waals surface area contributed by atoms with Crippen LogP contribution in [0.4, 0.5) is 0 Å². The van der Waals surface area contributed by atoms with E-state index in [9.17, 15) is 0 Å². The summed E-state index contributed by atoms with van der Waals surface area (Å²) < 4.78 is 7.62. The molecule has 3 aromatic carbocycles. The van der Waals surface area contributed by atoms with Gasteiger partial charge in [0, 0.05) is 43.5 Å². The Hall–Kier alpha value is -4.04. The van der Waals surface area contributed by atoms with E-state index in [1.165, 1.54) is 16.3 Å². The van der Waals surface area contributed by atoms with Crippen molar-refractivity contribution < 1.29 is 4.52 Å². The predicted molar refractivity (Wildman–Crippen MR) is 148 cm³/mol. The van der Waals surface area contributed by atoms with Crippen LogP contribution in [-0.4, -0.2) is 42.8 Å². The molecule has 0 atom stereocenters. The largest absolute Gasteiger partial charge is 0.358 e. The van der Waals surface area contributed by atoms with Crippen molar-refractivity contribution in [3.05, 3.63) is 102 Å². The average molecular weight is 509 g/mol. The van der Waals surface area contributed by atoms with Gasteiger partial charge >= 0.3 is 0 Å². The number of piperidine rings is 1. The minimum atomic E-state index is 0.368. The number of likely N-dealkylation sites (tertiary alicyclic amines) is 1. The van der Waals surface area contributed by atoms with Gasteiger partial charge in [-0.1, -0.05) is 65.8 Å². The van der Waals surface area contributed by atoms with Gasteiger partial charge in [0.05, 0.1) is 6.54 Å². The molecular formula is C29H28N6OS. The first-order chi connectivity index (χ1) is 18.2. The highest BCUT2D eigenvalue weighted by molar-refractivity contribution is 7.80. The Bertz CT molecular complexity index is 1500. The quantitative estimate of drug-likeness (QED) is 0.308. The van der Waals surface area contributed by atoms with Crippen LogP contribution in [0.3, 0.4) is 0 Å². The minimum absolute atomic E-state index is 0.368. The minimum Gasteiger partial charge on any atom is -0.358 e. The smallest absolute Gasteiger partial charge is 0.257 e. The zero-order valence-corrected chi connectivity index (χ0v) is 21.3. The standard InChI is InChI=1S/C29H28N6OS/c37-29(31-19-24-11-6-10-21-7-4-5-12-25(21)24)34-16-13-22(14-17-34)27-30-15-18-35(27)20-26-32-28(36-33-26)23-8-2-1-3-9-23/h1-12,15,18,22H,13-14,16-17,19-20H2,(H,31,37). The highest BCUT2D eigenvalue weighted by Crippen LogP contribution is 2.28. The molecular weight excluding hydrogens is 480 g/mol. The van der Waals surface area contributed by atoms with E-state index in [-0.39, 0.29) is 0 Å². The Balaban J connectivity index is 1.05. The summed E-state index contributed by atoms with van der Waals surface area (Å²) in [5.74, 6) is 2.62. The number of nitrogens with zero attached hydrogens (tertiary/aromatic N) is 5. The lowest BCUT2D eigenvalue weighted by Crippen LogP contribution is -2.43. The summed E-state index contributed by atoms with van der Waals surface area (Å²) in [5.41, 5.74) is 2.18. The molecule has 6 rings (SSSR count).